The lowest BCUT2D eigenvalue weighted by Gasteiger charge is -2.22. The van der Waals surface area contributed by atoms with Crippen LogP contribution in [-0.4, -0.2) is 48.1 Å². The standard InChI is InChI=1S/C15H23N3O2S/c1-11-17-13(10-21-11)14-5-2-6-18(14)9-15(19)16-8-12-4-3-7-20-12/h10,12,14H,2-9H2,1H3,(H,16,19). The van der Waals surface area contributed by atoms with Gasteiger partial charge in [0.2, 0.25) is 5.91 Å². The van der Waals surface area contributed by atoms with E-state index in [1.807, 2.05) is 6.92 Å². The van der Waals surface area contributed by atoms with E-state index in [0.29, 0.717) is 19.1 Å². The first kappa shape index (κ1) is 14.9. The van der Waals surface area contributed by atoms with Crippen LogP contribution in [0.1, 0.15) is 42.4 Å². The zero-order valence-electron chi connectivity index (χ0n) is 12.5. The van der Waals surface area contributed by atoms with Crippen molar-refractivity contribution < 1.29 is 9.53 Å². The molecule has 2 unspecified atom stereocenters. The van der Waals surface area contributed by atoms with Gasteiger partial charge in [0.25, 0.3) is 0 Å². The number of carbonyl (C=O) groups excluding carboxylic acids is 1. The molecule has 2 saturated heterocycles. The summed E-state index contributed by atoms with van der Waals surface area (Å²) < 4.78 is 5.53. The quantitative estimate of drug-likeness (QED) is 0.902. The van der Waals surface area contributed by atoms with E-state index in [0.717, 1.165) is 49.5 Å². The number of thiazole rings is 1. The van der Waals surface area contributed by atoms with Crippen molar-refractivity contribution in [2.24, 2.45) is 0 Å². The molecule has 1 N–H and O–H groups in total. The Morgan fingerprint density at radius 3 is 3.14 bits per heavy atom. The maximum atomic E-state index is 12.1. The van der Waals surface area contributed by atoms with Gasteiger partial charge in [0.15, 0.2) is 0 Å². The molecule has 2 aliphatic rings. The van der Waals surface area contributed by atoms with Gasteiger partial charge in [-0.15, -0.1) is 11.3 Å². The Labute approximate surface area is 129 Å². The van der Waals surface area contributed by atoms with E-state index in [1.54, 1.807) is 11.3 Å². The van der Waals surface area contributed by atoms with E-state index in [1.165, 1.54) is 0 Å². The molecule has 0 aromatic carbocycles. The van der Waals surface area contributed by atoms with Crippen molar-refractivity contribution >= 4 is 17.2 Å². The van der Waals surface area contributed by atoms with E-state index >= 15 is 0 Å². The number of aryl methyl sites for hydroxylation is 1. The van der Waals surface area contributed by atoms with E-state index in [4.69, 9.17) is 4.74 Å². The van der Waals surface area contributed by atoms with Crippen LogP contribution in [0.2, 0.25) is 0 Å². The predicted octanol–water partition coefficient (Wildman–Crippen LogP) is 1.88. The van der Waals surface area contributed by atoms with Gasteiger partial charge in [0.05, 0.1) is 29.4 Å². The highest BCUT2D eigenvalue weighted by Gasteiger charge is 2.29. The normalized spacial score (nSPS) is 26.3. The molecule has 0 radical (unpaired) electrons. The number of ether oxygens (including phenoxy) is 1. The molecule has 116 valence electrons. The van der Waals surface area contributed by atoms with Gasteiger partial charge < -0.3 is 10.1 Å². The molecule has 0 aliphatic carbocycles. The lowest BCUT2D eigenvalue weighted by atomic mass is 10.1. The van der Waals surface area contributed by atoms with Gasteiger partial charge in [-0.25, -0.2) is 4.98 Å². The monoisotopic (exact) mass is 309 g/mol. The number of nitrogens with one attached hydrogen (secondary N) is 1. The highest BCUT2D eigenvalue weighted by atomic mass is 32.1. The lowest BCUT2D eigenvalue weighted by Crippen LogP contribution is -2.40. The highest BCUT2D eigenvalue weighted by Crippen LogP contribution is 2.31. The SMILES string of the molecule is Cc1nc(C2CCCN2CC(=O)NCC2CCCO2)cs1. The molecule has 0 saturated carbocycles. The summed E-state index contributed by atoms with van der Waals surface area (Å²) in [4.78, 5) is 18.9. The average Bonchev–Trinajstić information content (AvgIpc) is 3.17. The molecule has 6 heteroatoms. The van der Waals surface area contributed by atoms with Gasteiger partial charge in [0.1, 0.15) is 0 Å². The number of nitrogens with zero attached hydrogens (tertiary/aromatic N) is 2. The molecule has 1 aromatic rings. The highest BCUT2D eigenvalue weighted by molar-refractivity contribution is 7.09. The first-order valence-corrected chi connectivity index (χ1v) is 8.65. The molecule has 2 fully saturated rings. The van der Waals surface area contributed by atoms with Crippen LogP contribution >= 0.6 is 11.3 Å². The van der Waals surface area contributed by atoms with Crippen LogP contribution in [0.3, 0.4) is 0 Å². The molecule has 2 atom stereocenters. The Morgan fingerprint density at radius 1 is 1.52 bits per heavy atom. The van der Waals surface area contributed by atoms with E-state index in [2.05, 4.69) is 20.6 Å². The number of rotatable bonds is 5. The third-order valence-electron chi connectivity index (χ3n) is 4.24. The number of carbonyl (C=O) groups is 1. The van der Waals surface area contributed by atoms with Gasteiger partial charge in [-0.2, -0.15) is 0 Å². The molecule has 2 aliphatic heterocycles. The van der Waals surface area contributed by atoms with Crippen molar-refractivity contribution in [1.82, 2.24) is 15.2 Å². The average molecular weight is 309 g/mol. The molecule has 5 nitrogen and oxygen atoms in total. The smallest absolute Gasteiger partial charge is 0.234 e. The first-order chi connectivity index (χ1) is 10.2. The summed E-state index contributed by atoms with van der Waals surface area (Å²) in [5, 5.41) is 6.23. The van der Waals surface area contributed by atoms with Crippen molar-refractivity contribution in [3.05, 3.63) is 16.1 Å². The van der Waals surface area contributed by atoms with Gasteiger partial charge in [0, 0.05) is 18.5 Å². The maximum Gasteiger partial charge on any atom is 0.234 e. The van der Waals surface area contributed by atoms with Crippen LogP contribution in [0.15, 0.2) is 5.38 Å². The third kappa shape index (κ3) is 3.81. The zero-order valence-corrected chi connectivity index (χ0v) is 13.3. The summed E-state index contributed by atoms with van der Waals surface area (Å²) in [5.41, 5.74) is 1.13. The minimum absolute atomic E-state index is 0.101. The third-order valence-corrected chi connectivity index (χ3v) is 5.03. The maximum absolute atomic E-state index is 12.1. The summed E-state index contributed by atoms with van der Waals surface area (Å²) in [6.07, 6.45) is 4.62. The van der Waals surface area contributed by atoms with Crippen LogP contribution in [0.25, 0.3) is 0 Å². The predicted molar refractivity (Wildman–Crippen MR) is 82.4 cm³/mol. The van der Waals surface area contributed by atoms with Gasteiger partial charge >= 0.3 is 0 Å². The van der Waals surface area contributed by atoms with E-state index in [9.17, 15) is 4.79 Å². The van der Waals surface area contributed by atoms with Gasteiger partial charge in [-0.05, 0) is 39.2 Å². The van der Waals surface area contributed by atoms with E-state index < -0.39 is 0 Å². The largest absolute Gasteiger partial charge is 0.376 e. The first-order valence-electron chi connectivity index (χ1n) is 7.77. The molecule has 0 spiro atoms. The second-order valence-electron chi connectivity index (χ2n) is 5.86. The van der Waals surface area contributed by atoms with Gasteiger partial charge in [-0.3, -0.25) is 9.69 Å². The minimum Gasteiger partial charge on any atom is -0.376 e. The number of hydrogen-bond acceptors (Lipinski definition) is 5. The topological polar surface area (TPSA) is 54.5 Å². The van der Waals surface area contributed by atoms with Crippen molar-refractivity contribution in [1.29, 1.82) is 0 Å². The number of amides is 1. The fraction of sp³-hybridized carbons (Fsp3) is 0.733. The van der Waals surface area contributed by atoms with Crippen molar-refractivity contribution in [2.45, 2.75) is 44.8 Å². The van der Waals surface area contributed by atoms with E-state index in [-0.39, 0.29) is 12.0 Å². The molecule has 0 bridgehead atoms. The molecule has 3 rings (SSSR count). The second-order valence-corrected chi connectivity index (χ2v) is 6.92. The van der Waals surface area contributed by atoms with Crippen LogP contribution in [-0.2, 0) is 9.53 Å². The van der Waals surface area contributed by atoms with Crippen molar-refractivity contribution in [3.8, 4) is 0 Å². The molecule has 1 amide bonds. The van der Waals surface area contributed by atoms with Crippen LogP contribution in [0.5, 0.6) is 0 Å². The lowest BCUT2D eigenvalue weighted by molar-refractivity contribution is -0.123. The summed E-state index contributed by atoms with van der Waals surface area (Å²) in [6.45, 7) is 4.95. The minimum atomic E-state index is 0.101. The Kier molecular flexibility index (Phi) is 4.87. The Balaban J connectivity index is 1.49. The number of hydrogen-bond donors (Lipinski definition) is 1. The second kappa shape index (κ2) is 6.85. The van der Waals surface area contributed by atoms with Crippen LogP contribution < -0.4 is 5.32 Å². The summed E-state index contributed by atoms with van der Waals surface area (Å²) in [5.74, 6) is 0.101. The van der Waals surface area contributed by atoms with Crippen molar-refractivity contribution in [2.75, 3.05) is 26.2 Å². The molecule has 1 aromatic heterocycles. The fourth-order valence-electron chi connectivity index (χ4n) is 3.16. The molecule has 21 heavy (non-hydrogen) atoms. The Morgan fingerprint density at radius 2 is 2.43 bits per heavy atom. The van der Waals surface area contributed by atoms with Crippen molar-refractivity contribution in [3.63, 3.8) is 0 Å². The number of aromatic nitrogens is 1. The van der Waals surface area contributed by atoms with Gasteiger partial charge in [-0.1, -0.05) is 0 Å². The zero-order chi connectivity index (χ0) is 14.7. The summed E-state index contributed by atoms with van der Waals surface area (Å²) in [6, 6.07) is 0.309. The summed E-state index contributed by atoms with van der Waals surface area (Å²) in [7, 11) is 0. The molecular weight excluding hydrogens is 286 g/mol. The van der Waals surface area contributed by atoms with Crippen LogP contribution in [0, 0.1) is 6.92 Å². The Hall–Kier alpha value is -0.980. The van der Waals surface area contributed by atoms with Crippen LogP contribution in [0.4, 0.5) is 0 Å². The summed E-state index contributed by atoms with van der Waals surface area (Å²) >= 11 is 1.68. The molecule has 3 heterocycles. The molecular formula is C15H23N3O2S. The fourth-order valence-corrected chi connectivity index (χ4v) is 3.82. The Bertz CT molecular complexity index is 485. The number of likely N-dealkylation sites (tertiary alicyclic amines) is 1.